The molecule has 0 aromatic rings. The molecular weight excluding hydrogens is 187 g/mol. The Labute approximate surface area is 94.9 Å². The van der Waals surface area contributed by atoms with Gasteiger partial charge in [0.2, 0.25) is 0 Å². The minimum absolute atomic E-state index is 0.0581. The molecule has 0 saturated carbocycles. The SMILES string of the molecule is CC(C)[C@H]1OB(C(C)(C)C)O[C@@H]1C(C)C. The summed E-state index contributed by atoms with van der Waals surface area (Å²) in [6.07, 6.45) is 0.489. The fourth-order valence-corrected chi connectivity index (χ4v) is 1.95. The van der Waals surface area contributed by atoms with Crippen molar-refractivity contribution < 1.29 is 9.31 Å². The third-order valence-corrected chi connectivity index (χ3v) is 2.91. The average molecular weight is 212 g/mol. The van der Waals surface area contributed by atoms with Crippen molar-refractivity contribution in [3.05, 3.63) is 0 Å². The maximum Gasteiger partial charge on any atom is 0.463 e. The third kappa shape index (κ3) is 2.98. The molecule has 1 saturated heterocycles. The van der Waals surface area contributed by atoms with Crippen LogP contribution in [0.4, 0.5) is 0 Å². The van der Waals surface area contributed by atoms with Crippen molar-refractivity contribution >= 4 is 7.12 Å². The maximum atomic E-state index is 6.04. The van der Waals surface area contributed by atoms with Crippen molar-refractivity contribution in [1.82, 2.24) is 0 Å². The predicted molar refractivity (Wildman–Crippen MR) is 64.9 cm³/mol. The average Bonchev–Trinajstić information content (AvgIpc) is 2.45. The molecule has 1 fully saturated rings. The second-order valence-electron chi connectivity index (χ2n) is 6.39. The summed E-state index contributed by atoms with van der Waals surface area (Å²) >= 11 is 0. The van der Waals surface area contributed by atoms with Gasteiger partial charge in [0, 0.05) is 0 Å². The van der Waals surface area contributed by atoms with E-state index in [1.54, 1.807) is 0 Å². The van der Waals surface area contributed by atoms with E-state index in [9.17, 15) is 0 Å². The normalized spacial score (nSPS) is 28.2. The minimum Gasteiger partial charge on any atom is -0.405 e. The van der Waals surface area contributed by atoms with E-state index in [1.807, 2.05) is 0 Å². The molecule has 1 aliphatic rings. The largest absolute Gasteiger partial charge is 0.463 e. The van der Waals surface area contributed by atoms with Gasteiger partial charge in [-0.25, -0.2) is 0 Å². The van der Waals surface area contributed by atoms with Gasteiger partial charge in [0.25, 0.3) is 0 Å². The Morgan fingerprint density at radius 1 is 0.867 bits per heavy atom. The van der Waals surface area contributed by atoms with Crippen LogP contribution in [0.1, 0.15) is 48.5 Å². The summed E-state index contributed by atoms with van der Waals surface area (Å²) in [5.74, 6) is 1.04. The Hall–Kier alpha value is -0.0151. The van der Waals surface area contributed by atoms with Crippen LogP contribution >= 0.6 is 0 Å². The van der Waals surface area contributed by atoms with Crippen LogP contribution in [0.25, 0.3) is 0 Å². The lowest BCUT2D eigenvalue weighted by Gasteiger charge is -2.24. The molecule has 0 aromatic heterocycles. The molecule has 0 radical (unpaired) electrons. The summed E-state index contributed by atoms with van der Waals surface area (Å²) in [7, 11) is -0.0581. The van der Waals surface area contributed by atoms with Crippen LogP contribution < -0.4 is 0 Å². The van der Waals surface area contributed by atoms with Gasteiger partial charge in [0.05, 0.1) is 12.2 Å². The molecule has 0 unspecified atom stereocenters. The minimum atomic E-state index is -0.0581. The van der Waals surface area contributed by atoms with Crippen molar-refractivity contribution in [3.8, 4) is 0 Å². The Balaban J connectivity index is 2.74. The van der Waals surface area contributed by atoms with Crippen LogP contribution in [-0.2, 0) is 9.31 Å². The van der Waals surface area contributed by atoms with Gasteiger partial charge in [0.15, 0.2) is 0 Å². The smallest absolute Gasteiger partial charge is 0.405 e. The topological polar surface area (TPSA) is 18.5 Å². The number of hydrogen-bond donors (Lipinski definition) is 0. The fourth-order valence-electron chi connectivity index (χ4n) is 1.95. The van der Waals surface area contributed by atoms with Crippen molar-refractivity contribution in [3.63, 3.8) is 0 Å². The maximum absolute atomic E-state index is 6.04. The van der Waals surface area contributed by atoms with E-state index in [2.05, 4.69) is 48.5 Å². The summed E-state index contributed by atoms with van der Waals surface area (Å²) < 4.78 is 12.1. The third-order valence-electron chi connectivity index (χ3n) is 2.91. The van der Waals surface area contributed by atoms with Gasteiger partial charge in [0.1, 0.15) is 0 Å². The molecule has 0 N–H and O–H groups in total. The molecule has 0 bridgehead atoms. The molecule has 15 heavy (non-hydrogen) atoms. The van der Waals surface area contributed by atoms with E-state index >= 15 is 0 Å². The first-order valence-corrected chi connectivity index (χ1v) is 6.04. The number of rotatable bonds is 2. The van der Waals surface area contributed by atoms with Crippen molar-refractivity contribution in [2.24, 2.45) is 11.8 Å². The monoisotopic (exact) mass is 212 g/mol. The van der Waals surface area contributed by atoms with E-state index in [-0.39, 0.29) is 24.6 Å². The Kier molecular flexibility index (Phi) is 3.88. The van der Waals surface area contributed by atoms with Crippen LogP contribution in [0.15, 0.2) is 0 Å². The summed E-state index contributed by atoms with van der Waals surface area (Å²) in [4.78, 5) is 0. The first-order valence-electron chi connectivity index (χ1n) is 6.04. The summed E-state index contributed by atoms with van der Waals surface area (Å²) in [5, 5.41) is 0.0663. The van der Waals surface area contributed by atoms with Crippen LogP contribution in [0.5, 0.6) is 0 Å². The van der Waals surface area contributed by atoms with Gasteiger partial charge in [-0.15, -0.1) is 0 Å². The van der Waals surface area contributed by atoms with E-state index in [4.69, 9.17) is 9.31 Å². The van der Waals surface area contributed by atoms with E-state index < -0.39 is 0 Å². The van der Waals surface area contributed by atoms with Gasteiger partial charge in [-0.2, -0.15) is 0 Å². The lowest BCUT2D eigenvalue weighted by molar-refractivity contribution is 0.0815. The zero-order valence-corrected chi connectivity index (χ0v) is 11.2. The van der Waals surface area contributed by atoms with Crippen LogP contribution in [0.2, 0.25) is 5.31 Å². The van der Waals surface area contributed by atoms with Crippen LogP contribution in [0, 0.1) is 11.8 Å². The highest BCUT2D eigenvalue weighted by Crippen LogP contribution is 2.38. The lowest BCUT2D eigenvalue weighted by Crippen LogP contribution is -2.31. The first kappa shape index (κ1) is 13.1. The van der Waals surface area contributed by atoms with Crippen molar-refractivity contribution in [2.45, 2.75) is 66.0 Å². The van der Waals surface area contributed by atoms with Gasteiger partial charge in [-0.1, -0.05) is 48.5 Å². The highest BCUT2D eigenvalue weighted by atomic mass is 16.7. The molecule has 0 spiro atoms. The van der Waals surface area contributed by atoms with E-state index in [1.165, 1.54) is 0 Å². The van der Waals surface area contributed by atoms with E-state index in [0.29, 0.717) is 11.8 Å². The molecule has 3 heteroatoms. The fraction of sp³-hybridized carbons (Fsp3) is 1.00. The van der Waals surface area contributed by atoms with Crippen molar-refractivity contribution in [2.75, 3.05) is 0 Å². The summed E-state index contributed by atoms with van der Waals surface area (Å²) in [6, 6.07) is 0. The predicted octanol–water partition coefficient (Wildman–Crippen LogP) is 3.37. The Bertz CT molecular complexity index is 192. The number of hydrogen-bond acceptors (Lipinski definition) is 2. The molecule has 2 nitrogen and oxygen atoms in total. The molecule has 2 atom stereocenters. The van der Waals surface area contributed by atoms with Gasteiger partial charge in [-0.3, -0.25) is 0 Å². The summed E-state index contributed by atoms with van der Waals surface area (Å²) in [5.41, 5.74) is 0. The quantitative estimate of drug-likeness (QED) is 0.653. The molecule has 1 rings (SSSR count). The Morgan fingerprint density at radius 3 is 1.40 bits per heavy atom. The van der Waals surface area contributed by atoms with Crippen LogP contribution in [-0.4, -0.2) is 19.3 Å². The standard InChI is InChI=1S/C12H25BO2/c1-8(2)10-11(9(3)4)15-13(14-10)12(5,6)7/h8-11H,1-7H3/t10-,11-/m1/s1. The molecule has 1 aliphatic heterocycles. The molecular formula is C12H25BO2. The highest BCUT2D eigenvalue weighted by molar-refractivity contribution is 6.49. The Morgan fingerprint density at radius 2 is 1.20 bits per heavy atom. The molecule has 0 aromatic carbocycles. The van der Waals surface area contributed by atoms with E-state index in [0.717, 1.165) is 0 Å². The molecule has 0 aliphatic carbocycles. The van der Waals surface area contributed by atoms with Gasteiger partial charge >= 0.3 is 7.12 Å². The molecule has 1 heterocycles. The zero-order valence-electron chi connectivity index (χ0n) is 11.2. The first-order chi connectivity index (χ1) is 6.73. The second kappa shape index (κ2) is 4.46. The zero-order chi connectivity index (χ0) is 11.8. The van der Waals surface area contributed by atoms with Gasteiger partial charge in [-0.05, 0) is 17.2 Å². The van der Waals surface area contributed by atoms with Crippen molar-refractivity contribution in [1.29, 1.82) is 0 Å². The second-order valence-corrected chi connectivity index (χ2v) is 6.39. The van der Waals surface area contributed by atoms with Gasteiger partial charge < -0.3 is 9.31 Å². The lowest BCUT2D eigenvalue weighted by atomic mass is 9.61. The molecule has 88 valence electrons. The highest BCUT2D eigenvalue weighted by Gasteiger charge is 2.47. The molecule has 0 amide bonds. The van der Waals surface area contributed by atoms with Crippen LogP contribution in [0.3, 0.4) is 0 Å². The summed E-state index contributed by atoms with van der Waals surface area (Å²) in [6.45, 7) is 15.3.